The van der Waals surface area contributed by atoms with Crippen LogP contribution in [0.3, 0.4) is 0 Å². The molecule has 2 N–H and O–H groups in total. The minimum absolute atomic E-state index is 0.302. The first-order valence-electron chi connectivity index (χ1n) is 12.8. The first-order chi connectivity index (χ1) is 16.8. The van der Waals surface area contributed by atoms with Gasteiger partial charge in [0, 0.05) is 25.7 Å². The first kappa shape index (κ1) is 25.0. The monoisotopic (exact) mass is 468 g/mol. The minimum atomic E-state index is 0.302. The Kier molecular flexibility index (Phi) is 9.63. The SMILES string of the molecule is COc1cc(CCO[C@H]2CCCCC2N2CC[C@H](OCc3ccccc3)C2)ccc1OCCN. The van der Waals surface area contributed by atoms with Gasteiger partial charge in [-0.15, -0.1) is 0 Å². The predicted octanol–water partition coefficient (Wildman–Crippen LogP) is 4.19. The van der Waals surface area contributed by atoms with Gasteiger partial charge in [0.05, 0.1) is 32.5 Å². The molecule has 1 heterocycles. The molecule has 0 radical (unpaired) electrons. The van der Waals surface area contributed by atoms with Crippen LogP contribution in [0, 0.1) is 0 Å². The molecule has 4 rings (SSSR count). The normalized spacial score (nSPS) is 23.2. The highest BCUT2D eigenvalue weighted by atomic mass is 16.5. The van der Waals surface area contributed by atoms with Crippen molar-refractivity contribution in [3.63, 3.8) is 0 Å². The van der Waals surface area contributed by atoms with E-state index in [9.17, 15) is 0 Å². The van der Waals surface area contributed by atoms with Crippen LogP contribution < -0.4 is 15.2 Å². The molecule has 2 aliphatic rings. The first-order valence-corrected chi connectivity index (χ1v) is 12.8. The summed E-state index contributed by atoms with van der Waals surface area (Å²) in [6, 6.07) is 17.1. The van der Waals surface area contributed by atoms with E-state index in [2.05, 4.69) is 35.2 Å². The van der Waals surface area contributed by atoms with Crippen molar-refractivity contribution in [2.24, 2.45) is 5.73 Å². The van der Waals surface area contributed by atoms with Gasteiger partial charge < -0.3 is 24.7 Å². The Hall–Kier alpha value is -2.12. The predicted molar refractivity (Wildman–Crippen MR) is 134 cm³/mol. The zero-order valence-electron chi connectivity index (χ0n) is 20.5. The average molecular weight is 469 g/mol. The fourth-order valence-corrected chi connectivity index (χ4v) is 5.15. The molecular formula is C28H40N2O4. The minimum Gasteiger partial charge on any atom is -0.493 e. The Bertz CT molecular complexity index is 863. The summed E-state index contributed by atoms with van der Waals surface area (Å²) in [5, 5.41) is 0. The van der Waals surface area contributed by atoms with Crippen LogP contribution in [-0.4, -0.2) is 63.1 Å². The quantitative estimate of drug-likeness (QED) is 0.504. The fraction of sp³-hybridized carbons (Fsp3) is 0.571. The van der Waals surface area contributed by atoms with E-state index in [1.165, 1.54) is 30.4 Å². The molecule has 2 aromatic carbocycles. The average Bonchev–Trinajstić information content (AvgIpc) is 3.36. The number of ether oxygens (including phenoxy) is 4. The summed E-state index contributed by atoms with van der Waals surface area (Å²) < 4.78 is 23.9. The maximum atomic E-state index is 6.47. The summed E-state index contributed by atoms with van der Waals surface area (Å²) in [6.45, 7) is 4.50. The third kappa shape index (κ3) is 6.95. The molecule has 34 heavy (non-hydrogen) atoms. The van der Waals surface area contributed by atoms with Gasteiger partial charge in [0.1, 0.15) is 6.61 Å². The third-order valence-electron chi connectivity index (χ3n) is 6.97. The van der Waals surface area contributed by atoms with Crippen molar-refractivity contribution >= 4 is 0 Å². The highest BCUT2D eigenvalue weighted by Crippen LogP contribution is 2.30. The lowest BCUT2D eigenvalue weighted by molar-refractivity contribution is -0.0352. The zero-order valence-corrected chi connectivity index (χ0v) is 20.5. The van der Waals surface area contributed by atoms with Gasteiger partial charge in [-0.25, -0.2) is 0 Å². The van der Waals surface area contributed by atoms with Gasteiger partial charge >= 0.3 is 0 Å². The number of benzene rings is 2. The molecule has 6 heteroatoms. The van der Waals surface area contributed by atoms with E-state index in [1.54, 1.807) is 7.11 Å². The second-order valence-corrected chi connectivity index (χ2v) is 9.34. The van der Waals surface area contributed by atoms with Crippen molar-refractivity contribution < 1.29 is 18.9 Å². The standard InChI is InChI=1S/C28H40N2O4/c1-31-28-19-22(11-12-27(28)33-18-15-29)14-17-32-26-10-6-5-9-25(26)30-16-13-24(20-30)34-21-23-7-3-2-4-8-23/h2-4,7-8,11-12,19,24-26H,5-6,9-10,13-18,20-21,29H2,1H3/t24-,25?,26-/m0/s1. The Morgan fingerprint density at radius 3 is 2.59 bits per heavy atom. The molecule has 1 saturated heterocycles. The van der Waals surface area contributed by atoms with Crippen molar-refractivity contribution in [3.8, 4) is 11.5 Å². The maximum absolute atomic E-state index is 6.47. The molecule has 0 spiro atoms. The number of nitrogens with two attached hydrogens (primary N) is 1. The van der Waals surface area contributed by atoms with Gasteiger partial charge in [0.25, 0.3) is 0 Å². The summed E-state index contributed by atoms with van der Waals surface area (Å²) in [5.74, 6) is 1.49. The van der Waals surface area contributed by atoms with Crippen molar-refractivity contribution in [1.29, 1.82) is 0 Å². The Morgan fingerprint density at radius 1 is 0.912 bits per heavy atom. The second kappa shape index (κ2) is 13.1. The van der Waals surface area contributed by atoms with Crippen LogP contribution in [0.1, 0.15) is 43.2 Å². The van der Waals surface area contributed by atoms with Crippen LogP contribution in [0.25, 0.3) is 0 Å². The van der Waals surface area contributed by atoms with Gasteiger partial charge in [0.15, 0.2) is 11.5 Å². The number of methoxy groups -OCH3 is 1. The summed E-state index contributed by atoms with van der Waals surface area (Å²) in [4.78, 5) is 2.62. The lowest BCUT2D eigenvalue weighted by Crippen LogP contribution is -2.46. The van der Waals surface area contributed by atoms with Crippen LogP contribution in [0.2, 0.25) is 0 Å². The molecule has 1 aliphatic carbocycles. The van der Waals surface area contributed by atoms with Crippen LogP contribution >= 0.6 is 0 Å². The van der Waals surface area contributed by atoms with Gasteiger partial charge in [0.2, 0.25) is 0 Å². The summed E-state index contributed by atoms with van der Waals surface area (Å²) in [7, 11) is 1.67. The highest BCUT2D eigenvalue weighted by molar-refractivity contribution is 5.43. The van der Waals surface area contributed by atoms with Crippen molar-refractivity contribution in [2.45, 2.75) is 63.4 Å². The smallest absolute Gasteiger partial charge is 0.161 e. The van der Waals surface area contributed by atoms with E-state index < -0.39 is 0 Å². The molecule has 1 unspecified atom stereocenters. The highest BCUT2D eigenvalue weighted by Gasteiger charge is 2.35. The summed E-state index contributed by atoms with van der Waals surface area (Å²) >= 11 is 0. The lowest BCUT2D eigenvalue weighted by Gasteiger charge is -2.38. The summed E-state index contributed by atoms with van der Waals surface area (Å²) in [6.07, 6.45) is 7.49. The molecule has 3 atom stereocenters. The van der Waals surface area contributed by atoms with Crippen LogP contribution in [0.5, 0.6) is 11.5 Å². The van der Waals surface area contributed by atoms with Crippen LogP contribution in [-0.2, 0) is 22.5 Å². The largest absolute Gasteiger partial charge is 0.493 e. The lowest BCUT2D eigenvalue weighted by atomic mass is 9.91. The number of likely N-dealkylation sites (tertiary alicyclic amines) is 1. The Balaban J connectivity index is 1.25. The number of hydrogen-bond donors (Lipinski definition) is 1. The number of hydrogen-bond acceptors (Lipinski definition) is 6. The van der Waals surface area contributed by atoms with Crippen LogP contribution in [0.4, 0.5) is 0 Å². The van der Waals surface area contributed by atoms with Gasteiger partial charge in [-0.2, -0.15) is 0 Å². The van der Waals surface area contributed by atoms with Crippen molar-refractivity contribution in [2.75, 3.05) is 40.0 Å². The summed E-state index contributed by atoms with van der Waals surface area (Å²) in [5.41, 5.74) is 7.98. The van der Waals surface area contributed by atoms with E-state index in [-0.39, 0.29) is 0 Å². The Labute approximate surface area is 204 Å². The molecule has 6 nitrogen and oxygen atoms in total. The second-order valence-electron chi connectivity index (χ2n) is 9.34. The molecule has 0 bridgehead atoms. The van der Waals surface area contributed by atoms with Gasteiger partial charge in [-0.1, -0.05) is 49.2 Å². The van der Waals surface area contributed by atoms with E-state index >= 15 is 0 Å². The van der Waals surface area contributed by atoms with E-state index in [0.717, 1.165) is 50.5 Å². The maximum Gasteiger partial charge on any atom is 0.161 e. The van der Waals surface area contributed by atoms with Gasteiger partial charge in [-0.05, 0) is 48.9 Å². The molecule has 0 amide bonds. The third-order valence-corrected chi connectivity index (χ3v) is 6.97. The molecular weight excluding hydrogens is 428 g/mol. The molecule has 186 valence electrons. The molecule has 1 saturated carbocycles. The number of nitrogens with zero attached hydrogens (tertiary/aromatic N) is 1. The van der Waals surface area contributed by atoms with Crippen LogP contribution in [0.15, 0.2) is 48.5 Å². The molecule has 2 fully saturated rings. The topological polar surface area (TPSA) is 66.2 Å². The Morgan fingerprint density at radius 2 is 1.76 bits per heavy atom. The van der Waals surface area contributed by atoms with Crippen molar-refractivity contribution in [3.05, 3.63) is 59.7 Å². The van der Waals surface area contributed by atoms with Gasteiger partial charge in [-0.3, -0.25) is 4.90 Å². The van der Waals surface area contributed by atoms with E-state index in [0.29, 0.717) is 38.0 Å². The molecule has 1 aliphatic heterocycles. The van der Waals surface area contributed by atoms with E-state index in [1.807, 2.05) is 18.2 Å². The zero-order chi connectivity index (χ0) is 23.6. The van der Waals surface area contributed by atoms with Crippen molar-refractivity contribution in [1.82, 2.24) is 4.90 Å². The van der Waals surface area contributed by atoms with E-state index in [4.69, 9.17) is 24.7 Å². The molecule has 0 aromatic heterocycles. The molecule has 2 aromatic rings. The fourth-order valence-electron chi connectivity index (χ4n) is 5.15. The number of rotatable bonds is 12.